The van der Waals surface area contributed by atoms with Gasteiger partial charge >= 0.3 is 5.97 Å². The standard InChI is InChI=1S/C12H13NO4/c1-2-3-11(12(15)16)17-10-5-8(7-13)4-9(14)6-10/h4-6,11,14H,2-3H2,1H3,(H,15,16). The highest BCUT2D eigenvalue weighted by Gasteiger charge is 2.18. The molecular weight excluding hydrogens is 222 g/mol. The second-order valence-corrected chi connectivity index (χ2v) is 3.56. The molecule has 0 spiro atoms. The van der Waals surface area contributed by atoms with Gasteiger partial charge in [0.15, 0.2) is 6.10 Å². The molecule has 0 fully saturated rings. The number of carboxylic acid groups (broad SMARTS) is 1. The van der Waals surface area contributed by atoms with Gasteiger partial charge in [-0.25, -0.2) is 4.79 Å². The SMILES string of the molecule is CCCC(Oc1cc(O)cc(C#N)c1)C(=O)O. The quantitative estimate of drug-likeness (QED) is 0.813. The number of phenols is 1. The van der Waals surface area contributed by atoms with Gasteiger partial charge in [0.1, 0.15) is 11.5 Å². The number of carboxylic acids is 1. The maximum absolute atomic E-state index is 10.9. The largest absolute Gasteiger partial charge is 0.508 e. The topological polar surface area (TPSA) is 90.5 Å². The number of nitrogens with zero attached hydrogens (tertiary/aromatic N) is 1. The summed E-state index contributed by atoms with van der Waals surface area (Å²) in [5.74, 6) is -1.00. The minimum atomic E-state index is -1.06. The summed E-state index contributed by atoms with van der Waals surface area (Å²) in [5.41, 5.74) is 0.223. The van der Waals surface area contributed by atoms with Crippen molar-refractivity contribution in [2.24, 2.45) is 0 Å². The Hall–Kier alpha value is -2.22. The number of hydrogen-bond donors (Lipinski definition) is 2. The summed E-state index contributed by atoms with van der Waals surface area (Å²) in [6, 6.07) is 5.81. The fraction of sp³-hybridized carbons (Fsp3) is 0.333. The first-order chi connectivity index (χ1) is 8.06. The Morgan fingerprint density at radius 1 is 1.53 bits per heavy atom. The van der Waals surface area contributed by atoms with Gasteiger partial charge in [0.05, 0.1) is 11.6 Å². The summed E-state index contributed by atoms with van der Waals surface area (Å²) in [6.45, 7) is 1.85. The van der Waals surface area contributed by atoms with E-state index in [1.54, 1.807) is 0 Å². The Balaban J connectivity index is 2.89. The van der Waals surface area contributed by atoms with Crippen molar-refractivity contribution in [3.05, 3.63) is 23.8 Å². The van der Waals surface area contributed by atoms with Crippen molar-refractivity contribution in [1.29, 1.82) is 5.26 Å². The molecule has 1 aromatic carbocycles. The average Bonchev–Trinajstić information content (AvgIpc) is 2.27. The van der Waals surface area contributed by atoms with E-state index in [0.717, 1.165) is 0 Å². The van der Waals surface area contributed by atoms with Gasteiger partial charge in [-0.2, -0.15) is 5.26 Å². The third-order valence-electron chi connectivity index (χ3n) is 2.13. The predicted octanol–water partition coefficient (Wildman–Crippen LogP) is 1.90. The van der Waals surface area contributed by atoms with Crippen molar-refractivity contribution in [2.45, 2.75) is 25.9 Å². The van der Waals surface area contributed by atoms with Crippen LogP contribution in [-0.4, -0.2) is 22.3 Å². The molecule has 0 aromatic heterocycles. The van der Waals surface area contributed by atoms with Crippen molar-refractivity contribution in [3.63, 3.8) is 0 Å². The molecule has 17 heavy (non-hydrogen) atoms. The molecule has 1 rings (SSSR count). The van der Waals surface area contributed by atoms with Gasteiger partial charge in [0.25, 0.3) is 0 Å². The summed E-state index contributed by atoms with van der Waals surface area (Å²) in [7, 11) is 0. The van der Waals surface area contributed by atoms with Crippen LogP contribution in [-0.2, 0) is 4.79 Å². The molecule has 2 N–H and O–H groups in total. The molecule has 0 aliphatic rings. The summed E-state index contributed by atoms with van der Waals surface area (Å²) in [4.78, 5) is 10.9. The molecule has 0 bridgehead atoms. The lowest BCUT2D eigenvalue weighted by Crippen LogP contribution is -2.26. The Kier molecular flexibility index (Phi) is 4.35. The van der Waals surface area contributed by atoms with E-state index in [1.165, 1.54) is 18.2 Å². The normalized spacial score (nSPS) is 11.5. The molecule has 0 saturated heterocycles. The summed E-state index contributed by atoms with van der Waals surface area (Å²) < 4.78 is 5.23. The lowest BCUT2D eigenvalue weighted by atomic mass is 10.2. The van der Waals surface area contributed by atoms with E-state index in [-0.39, 0.29) is 17.1 Å². The van der Waals surface area contributed by atoms with Crippen LogP contribution in [0.3, 0.4) is 0 Å². The van der Waals surface area contributed by atoms with E-state index in [0.29, 0.717) is 12.8 Å². The molecule has 1 unspecified atom stereocenters. The van der Waals surface area contributed by atoms with Crippen LogP contribution in [0.5, 0.6) is 11.5 Å². The first-order valence-corrected chi connectivity index (χ1v) is 5.20. The molecule has 0 saturated carbocycles. The summed E-state index contributed by atoms with van der Waals surface area (Å²) >= 11 is 0. The van der Waals surface area contributed by atoms with Crippen molar-refractivity contribution in [1.82, 2.24) is 0 Å². The maximum Gasteiger partial charge on any atom is 0.344 e. The Morgan fingerprint density at radius 2 is 2.24 bits per heavy atom. The predicted molar refractivity (Wildman–Crippen MR) is 59.8 cm³/mol. The van der Waals surface area contributed by atoms with Crippen LogP contribution >= 0.6 is 0 Å². The monoisotopic (exact) mass is 235 g/mol. The number of carbonyl (C=O) groups is 1. The molecule has 1 aromatic rings. The minimum absolute atomic E-state index is 0.125. The smallest absolute Gasteiger partial charge is 0.344 e. The second-order valence-electron chi connectivity index (χ2n) is 3.56. The van der Waals surface area contributed by atoms with Crippen molar-refractivity contribution in [2.75, 3.05) is 0 Å². The third-order valence-corrected chi connectivity index (χ3v) is 2.13. The number of nitriles is 1. The number of rotatable bonds is 5. The zero-order valence-electron chi connectivity index (χ0n) is 9.38. The van der Waals surface area contributed by atoms with Crippen LogP contribution in [0.4, 0.5) is 0 Å². The van der Waals surface area contributed by atoms with Crippen LogP contribution in [0.25, 0.3) is 0 Å². The molecule has 90 valence electrons. The lowest BCUT2D eigenvalue weighted by molar-refractivity contribution is -0.145. The molecule has 5 nitrogen and oxygen atoms in total. The summed E-state index contributed by atoms with van der Waals surface area (Å²) in [5, 5.41) is 26.9. The van der Waals surface area contributed by atoms with Crippen molar-refractivity contribution < 1.29 is 19.7 Å². The van der Waals surface area contributed by atoms with Crippen LogP contribution < -0.4 is 4.74 Å². The highest BCUT2D eigenvalue weighted by molar-refractivity contribution is 5.72. The molecule has 0 aliphatic heterocycles. The highest BCUT2D eigenvalue weighted by Crippen LogP contribution is 2.23. The van der Waals surface area contributed by atoms with Crippen LogP contribution in [0.15, 0.2) is 18.2 Å². The molecule has 5 heteroatoms. The number of aliphatic carboxylic acids is 1. The third kappa shape index (κ3) is 3.68. The van der Waals surface area contributed by atoms with Gasteiger partial charge in [-0.05, 0) is 18.6 Å². The second kappa shape index (κ2) is 5.75. The van der Waals surface area contributed by atoms with E-state index in [1.807, 2.05) is 13.0 Å². The number of benzene rings is 1. The van der Waals surface area contributed by atoms with Gasteiger partial charge in [-0.1, -0.05) is 13.3 Å². The van der Waals surface area contributed by atoms with E-state index in [9.17, 15) is 9.90 Å². The number of aromatic hydroxyl groups is 1. The highest BCUT2D eigenvalue weighted by atomic mass is 16.5. The minimum Gasteiger partial charge on any atom is -0.508 e. The van der Waals surface area contributed by atoms with Gasteiger partial charge in [-0.3, -0.25) is 0 Å². The maximum atomic E-state index is 10.9. The Bertz CT molecular complexity index is 450. The van der Waals surface area contributed by atoms with Crippen LogP contribution in [0, 0.1) is 11.3 Å². The molecule has 0 amide bonds. The molecule has 0 radical (unpaired) electrons. The van der Waals surface area contributed by atoms with Gasteiger partial charge < -0.3 is 14.9 Å². The first-order valence-electron chi connectivity index (χ1n) is 5.20. The van der Waals surface area contributed by atoms with E-state index in [2.05, 4.69) is 0 Å². The summed E-state index contributed by atoms with van der Waals surface area (Å²) in [6.07, 6.45) is 0.0710. The lowest BCUT2D eigenvalue weighted by Gasteiger charge is -2.14. The van der Waals surface area contributed by atoms with Crippen molar-refractivity contribution in [3.8, 4) is 17.6 Å². The fourth-order valence-electron chi connectivity index (χ4n) is 1.38. The number of phenolic OH excluding ortho intramolecular Hbond substituents is 1. The Morgan fingerprint density at radius 3 is 2.76 bits per heavy atom. The van der Waals surface area contributed by atoms with Gasteiger partial charge in [0, 0.05) is 6.07 Å². The Labute approximate surface area is 98.9 Å². The van der Waals surface area contributed by atoms with Crippen LogP contribution in [0.2, 0.25) is 0 Å². The van der Waals surface area contributed by atoms with Crippen LogP contribution in [0.1, 0.15) is 25.3 Å². The van der Waals surface area contributed by atoms with Gasteiger partial charge in [0.2, 0.25) is 0 Å². The number of ether oxygens (including phenoxy) is 1. The first kappa shape index (κ1) is 12.8. The van der Waals surface area contributed by atoms with E-state index >= 15 is 0 Å². The van der Waals surface area contributed by atoms with E-state index < -0.39 is 12.1 Å². The molecule has 0 aliphatic carbocycles. The van der Waals surface area contributed by atoms with Gasteiger partial charge in [-0.15, -0.1) is 0 Å². The molecular formula is C12H13NO4. The fourth-order valence-corrected chi connectivity index (χ4v) is 1.38. The molecule has 0 heterocycles. The van der Waals surface area contributed by atoms with Crippen molar-refractivity contribution >= 4 is 5.97 Å². The molecule has 1 atom stereocenters. The zero-order chi connectivity index (χ0) is 12.8. The van der Waals surface area contributed by atoms with E-state index in [4.69, 9.17) is 15.1 Å². The number of hydrogen-bond acceptors (Lipinski definition) is 4. The zero-order valence-corrected chi connectivity index (χ0v) is 9.38. The average molecular weight is 235 g/mol.